The van der Waals surface area contributed by atoms with Crippen molar-refractivity contribution in [1.82, 2.24) is 14.8 Å². The van der Waals surface area contributed by atoms with Crippen LogP contribution in [0.5, 0.6) is 5.75 Å². The van der Waals surface area contributed by atoms with E-state index in [2.05, 4.69) is 16.0 Å². The summed E-state index contributed by atoms with van der Waals surface area (Å²) < 4.78 is 5.43. The van der Waals surface area contributed by atoms with E-state index in [1.807, 2.05) is 36.5 Å². The lowest BCUT2D eigenvalue weighted by Gasteiger charge is -2.21. The Bertz CT molecular complexity index is 634. The topological polar surface area (TPSA) is 45.7 Å². The van der Waals surface area contributed by atoms with E-state index in [-0.39, 0.29) is 6.09 Å². The molecule has 0 radical (unpaired) electrons. The molecule has 0 bridgehead atoms. The Morgan fingerprint density at radius 2 is 1.83 bits per heavy atom. The maximum Gasteiger partial charge on any atom is 0.415 e. The second-order valence-electron chi connectivity index (χ2n) is 5.93. The molecular weight excluding hydrogens is 302 g/mol. The Morgan fingerprint density at radius 3 is 2.62 bits per heavy atom. The molecule has 1 amide bonds. The lowest BCUT2D eigenvalue weighted by atomic mass is 10.2. The van der Waals surface area contributed by atoms with Gasteiger partial charge in [0.1, 0.15) is 5.75 Å². The second kappa shape index (κ2) is 8.45. The molecule has 24 heavy (non-hydrogen) atoms. The van der Waals surface area contributed by atoms with Crippen LogP contribution in [0.3, 0.4) is 0 Å². The van der Waals surface area contributed by atoms with Crippen LogP contribution in [-0.2, 0) is 6.42 Å². The number of ether oxygens (including phenoxy) is 1. The first-order chi connectivity index (χ1) is 11.8. The van der Waals surface area contributed by atoms with E-state index >= 15 is 0 Å². The number of para-hydroxylation sites is 1. The van der Waals surface area contributed by atoms with E-state index in [9.17, 15) is 4.79 Å². The Kier molecular flexibility index (Phi) is 5.80. The molecule has 1 aliphatic heterocycles. The molecule has 1 aromatic carbocycles. The number of benzene rings is 1. The van der Waals surface area contributed by atoms with Crippen molar-refractivity contribution < 1.29 is 9.53 Å². The van der Waals surface area contributed by atoms with Crippen LogP contribution in [0.15, 0.2) is 54.7 Å². The number of hydrogen-bond donors (Lipinski definition) is 0. The van der Waals surface area contributed by atoms with Gasteiger partial charge in [-0.15, -0.1) is 0 Å². The average Bonchev–Trinajstić information content (AvgIpc) is 2.87. The Morgan fingerprint density at radius 1 is 1.00 bits per heavy atom. The van der Waals surface area contributed by atoms with Crippen LogP contribution in [0.2, 0.25) is 0 Å². The highest BCUT2D eigenvalue weighted by Crippen LogP contribution is 2.12. The second-order valence-corrected chi connectivity index (χ2v) is 5.93. The van der Waals surface area contributed by atoms with Crippen LogP contribution in [0.25, 0.3) is 0 Å². The van der Waals surface area contributed by atoms with Gasteiger partial charge in [0.05, 0.1) is 0 Å². The fourth-order valence-electron chi connectivity index (χ4n) is 2.85. The highest BCUT2D eigenvalue weighted by atomic mass is 16.6. The zero-order chi connectivity index (χ0) is 16.6. The van der Waals surface area contributed by atoms with Gasteiger partial charge in [-0.25, -0.2) is 4.79 Å². The predicted octanol–water partition coefficient (Wildman–Crippen LogP) is 2.83. The van der Waals surface area contributed by atoms with Crippen LogP contribution in [0.1, 0.15) is 12.1 Å². The van der Waals surface area contributed by atoms with Crippen molar-refractivity contribution in [2.75, 3.05) is 32.7 Å². The molecule has 3 rings (SSSR count). The summed E-state index contributed by atoms with van der Waals surface area (Å²) in [6, 6.07) is 15.3. The number of nitrogens with zero attached hydrogens (tertiary/aromatic N) is 3. The average molecular weight is 325 g/mol. The molecule has 1 saturated heterocycles. The Balaban J connectivity index is 1.47. The molecule has 0 spiro atoms. The molecule has 5 nitrogen and oxygen atoms in total. The number of rotatable bonds is 4. The predicted molar refractivity (Wildman–Crippen MR) is 93.0 cm³/mol. The summed E-state index contributed by atoms with van der Waals surface area (Å²) in [5, 5.41) is 0. The maximum atomic E-state index is 12.3. The summed E-state index contributed by atoms with van der Waals surface area (Å²) in [7, 11) is 0. The van der Waals surface area contributed by atoms with Crippen LogP contribution in [0.4, 0.5) is 4.79 Å². The first kappa shape index (κ1) is 16.5. The Hall–Kier alpha value is -2.40. The van der Waals surface area contributed by atoms with E-state index in [1.165, 1.54) is 0 Å². The highest BCUT2D eigenvalue weighted by molar-refractivity contribution is 5.70. The van der Waals surface area contributed by atoms with Gasteiger partial charge in [0, 0.05) is 44.5 Å². The SMILES string of the molecule is O=C(Oc1ccccc1)N1CCCN(CCc2ccccn2)CC1. The van der Waals surface area contributed by atoms with Gasteiger partial charge in [-0.3, -0.25) is 4.98 Å². The molecule has 1 aliphatic rings. The fourth-order valence-corrected chi connectivity index (χ4v) is 2.85. The van der Waals surface area contributed by atoms with E-state index in [0.29, 0.717) is 12.3 Å². The standard InChI is InChI=1S/C19H23N3O2/c23-19(24-18-8-2-1-3-9-18)22-13-6-12-21(15-16-22)14-10-17-7-4-5-11-20-17/h1-5,7-9,11H,6,10,12-16H2. The summed E-state index contributed by atoms with van der Waals surface area (Å²) in [6.45, 7) is 4.29. The molecule has 0 atom stereocenters. The minimum atomic E-state index is -0.257. The minimum absolute atomic E-state index is 0.257. The van der Waals surface area contributed by atoms with Gasteiger partial charge >= 0.3 is 6.09 Å². The van der Waals surface area contributed by atoms with Gasteiger partial charge in [0.25, 0.3) is 0 Å². The molecule has 0 aliphatic carbocycles. The van der Waals surface area contributed by atoms with E-state index < -0.39 is 0 Å². The van der Waals surface area contributed by atoms with Crippen molar-refractivity contribution in [1.29, 1.82) is 0 Å². The first-order valence-corrected chi connectivity index (χ1v) is 8.45. The van der Waals surface area contributed by atoms with E-state index in [4.69, 9.17) is 4.74 Å². The summed E-state index contributed by atoms with van der Waals surface area (Å²) in [4.78, 5) is 20.8. The van der Waals surface area contributed by atoms with Crippen LogP contribution in [0, 0.1) is 0 Å². The van der Waals surface area contributed by atoms with Crippen LogP contribution in [-0.4, -0.2) is 53.6 Å². The Labute approximate surface area is 142 Å². The highest BCUT2D eigenvalue weighted by Gasteiger charge is 2.20. The van der Waals surface area contributed by atoms with Gasteiger partial charge in [0.15, 0.2) is 0 Å². The molecule has 0 unspecified atom stereocenters. The zero-order valence-electron chi connectivity index (χ0n) is 13.8. The van der Waals surface area contributed by atoms with Crippen molar-refractivity contribution in [3.63, 3.8) is 0 Å². The lowest BCUT2D eigenvalue weighted by Crippen LogP contribution is -2.37. The van der Waals surface area contributed by atoms with Gasteiger partial charge in [-0.2, -0.15) is 0 Å². The monoisotopic (exact) mass is 325 g/mol. The molecule has 0 saturated carbocycles. The smallest absolute Gasteiger partial charge is 0.410 e. The molecule has 5 heteroatoms. The summed E-state index contributed by atoms with van der Waals surface area (Å²) >= 11 is 0. The van der Waals surface area contributed by atoms with Crippen LogP contribution < -0.4 is 4.74 Å². The third-order valence-corrected chi connectivity index (χ3v) is 4.21. The van der Waals surface area contributed by atoms with Gasteiger partial charge in [-0.1, -0.05) is 24.3 Å². The third kappa shape index (κ3) is 4.80. The number of carbonyl (C=O) groups is 1. The molecule has 2 aromatic rings. The summed E-state index contributed by atoms with van der Waals surface area (Å²) in [6.07, 6.45) is 3.48. The number of aromatic nitrogens is 1. The first-order valence-electron chi connectivity index (χ1n) is 8.45. The number of amides is 1. The van der Waals surface area contributed by atoms with Gasteiger partial charge in [-0.05, 0) is 37.2 Å². The summed E-state index contributed by atoms with van der Waals surface area (Å²) in [5.74, 6) is 0.596. The van der Waals surface area contributed by atoms with E-state index in [1.54, 1.807) is 17.0 Å². The molecule has 2 heterocycles. The lowest BCUT2D eigenvalue weighted by molar-refractivity contribution is 0.153. The van der Waals surface area contributed by atoms with Crippen molar-refractivity contribution in [3.05, 3.63) is 60.4 Å². The molecule has 0 N–H and O–H groups in total. The van der Waals surface area contributed by atoms with Gasteiger partial charge in [0.2, 0.25) is 0 Å². The third-order valence-electron chi connectivity index (χ3n) is 4.21. The van der Waals surface area contributed by atoms with Crippen LogP contribution >= 0.6 is 0 Å². The number of pyridine rings is 1. The van der Waals surface area contributed by atoms with E-state index in [0.717, 1.165) is 44.7 Å². The largest absolute Gasteiger partial charge is 0.415 e. The normalized spacial score (nSPS) is 15.8. The van der Waals surface area contributed by atoms with Crippen molar-refractivity contribution >= 4 is 6.09 Å². The molecular formula is C19H23N3O2. The quantitative estimate of drug-likeness (QED) is 0.867. The molecule has 1 fully saturated rings. The minimum Gasteiger partial charge on any atom is -0.410 e. The maximum absolute atomic E-state index is 12.3. The summed E-state index contributed by atoms with van der Waals surface area (Å²) in [5.41, 5.74) is 1.11. The van der Waals surface area contributed by atoms with Crippen molar-refractivity contribution in [2.24, 2.45) is 0 Å². The van der Waals surface area contributed by atoms with Crippen molar-refractivity contribution in [3.8, 4) is 5.75 Å². The van der Waals surface area contributed by atoms with Gasteiger partial charge < -0.3 is 14.5 Å². The zero-order valence-corrected chi connectivity index (χ0v) is 13.8. The fraction of sp³-hybridized carbons (Fsp3) is 0.368. The number of hydrogen-bond acceptors (Lipinski definition) is 4. The van der Waals surface area contributed by atoms with Crippen molar-refractivity contribution in [2.45, 2.75) is 12.8 Å². The molecule has 126 valence electrons. The number of carbonyl (C=O) groups excluding carboxylic acids is 1. The molecule has 1 aromatic heterocycles.